The quantitative estimate of drug-likeness (QED) is 0.881. The van der Waals surface area contributed by atoms with Crippen molar-refractivity contribution >= 4 is 16.9 Å². The van der Waals surface area contributed by atoms with Crippen molar-refractivity contribution in [2.75, 3.05) is 0 Å². The number of aromatic nitrogens is 2. The Balaban J connectivity index is 1.74. The molecule has 1 aliphatic rings. The summed E-state index contributed by atoms with van der Waals surface area (Å²) >= 11 is 0. The number of aryl methyl sites for hydroxylation is 1. The fourth-order valence-electron chi connectivity index (χ4n) is 2.95. The first-order chi connectivity index (χ1) is 9.63. The second kappa shape index (κ2) is 5.27. The van der Waals surface area contributed by atoms with Crippen molar-refractivity contribution in [3.8, 4) is 0 Å². The molecule has 2 aromatic heterocycles. The van der Waals surface area contributed by atoms with E-state index in [1.807, 2.05) is 19.1 Å². The van der Waals surface area contributed by atoms with Gasteiger partial charge in [0.15, 0.2) is 0 Å². The molecule has 0 atom stereocenters. The predicted octanol–water partition coefficient (Wildman–Crippen LogP) is 3.18. The lowest BCUT2D eigenvalue weighted by Gasteiger charge is -2.26. The molecule has 1 aliphatic carbocycles. The number of rotatable bonds is 2. The first-order valence-electron chi connectivity index (χ1n) is 7.38. The Morgan fingerprint density at radius 3 is 2.80 bits per heavy atom. The monoisotopic (exact) mass is 271 g/mol. The van der Waals surface area contributed by atoms with Crippen LogP contribution in [0.3, 0.4) is 0 Å². The average Bonchev–Trinajstić information content (AvgIpc) is 2.87. The van der Waals surface area contributed by atoms with Gasteiger partial charge in [-0.25, -0.2) is 4.98 Å². The summed E-state index contributed by atoms with van der Waals surface area (Å²) in [5.41, 5.74) is 2.53. The third kappa shape index (κ3) is 2.55. The number of fused-ring (bicyclic) bond motifs is 1. The van der Waals surface area contributed by atoms with Crippen molar-refractivity contribution in [1.82, 2.24) is 15.3 Å². The third-order valence-corrected chi connectivity index (χ3v) is 4.35. The summed E-state index contributed by atoms with van der Waals surface area (Å²) in [6.07, 6.45) is 6.35. The number of hydrogen-bond donors (Lipinski definition) is 2. The summed E-state index contributed by atoms with van der Waals surface area (Å²) in [7, 11) is 0. The van der Waals surface area contributed by atoms with Crippen molar-refractivity contribution < 1.29 is 4.79 Å². The molecule has 1 saturated carbocycles. The fourth-order valence-corrected chi connectivity index (χ4v) is 2.95. The molecule has 0 aliphatic heterocycles. The maximum absolute atomic E-state index is 12.3. The highest BCUT2D eigenvalue weighted by atomic mass is 16.1. The summed E-state index contributed by atoms with van der Waals surface area (Å²) in [5.74, 6) is 0.782. The van der Waals surface area contributed by atoms with Gasteiger partial charge in [0.05, 0.1) is 0 Å². The minimum absolute atomic E-state index is 0.0121. The maximum Gasteiger partial charge on any atom is 0.267 e. The summed E-state index contributed by atoms with van der Waals surface area (Å²) < 4.78 is 0. The number of nitrogens with one attached hydrogen (secondary N) is 2. The molecule has 4 nitrogen and oxygen atoms in total. The van der Waals surface area contributed by atoms with Crippen LogP contribution in [0.1, 0.15) is 48.7 Å². The van der Waals surface area contributed by atoms with Gasteiger partial charge in [-0.05, 0) is 56.2 Å². The minimum atomic E-state index is -0.0121. The number of carbonyl (C=O) groups excluding carboxylic acids is 1. The topological polar surface area (TPSA) is 57.8 Å². The SMILES string of the molecule is Cc1ccnc2[nH]c(C(=O)NC3CCC(C)CC3)cc12. The Kier molecular flexibility index (Phi) is 3.47. The Hall–Kier alpha value is -1.84. The fraction of sp³-hybridized carbons (Fsp3) is 0.500. The Bertz CT molecular complexity index is 624. The van der Waals surface area contributed by atoms with Gasteiger partial charge in [0.25, 0.3) is 5.91 Å². The van der Waals surface area contributed by atoms with Gasteiger partial charge < -0.3 is 10.3 Å². The van der Waals surface area contributed by atoms with Crippen LogP contribution in [0.25, 0.3) is 11.0 Å². The lowest BCUT2D eigenvalue weighted by Crippen LogP contribution is -2.37. The van der Waals surface area contributed by atoms with Crippen LogP contribution in [0, 0.1) is 12.8 Å². The second-order valence-electron chi connectivity index (χ2n) is 6.00. The zero-order chi connectivity index (χ0) is 14.1. The molecule has 0 unspecified atom stereocenters. The average molecular weight is 271 g/mol. The first-order valence-corrected chi connectivity index (χ1v) is 7.38. The van der Waals surface area contributed by atoms with Crippen molar-refractivity contribution in [2.24, 2.45) is 5.92 Å². The van der Waals surface area contributed by atoms with Gasteiger partial charge in [0.1, 0.15) is 11.3 Å². The van der Waals surface area contributed by atoms with Crippen molar-refractivity contribution in [2.45, 2.75) is 45.6 Å². The highest BCUT2D eigenvalue weighted by molar-refractivity contribution is 5.98. The molecule has 106 valence electrons. The van der Waals surface area contributed by atoms with E-state index in [-0.39, 0.29) is 5.91 Å². The lowest BCUT2D eigenvalue weighted by atomic mass is 9.87. The van der Waals surface area contributed by atoms with Gasteiger partial charge >= 0.3 is 0 Å². The number of nitrogens with zero attached hydrogens (tertiary/aromatic N) is 1. The molecule has 20 heavy (non-hydrogen) atoms. The van der Waals surface area contributed by atoms with Gasteiger partial charge in [-0.3, -0.25) is 4.79 Å². The van der Waals surface area contributed by atoms with Crippen LogP contribution in [0.15, 0.2) is 18.3 Å². The molecule has 0 bridgehead atoms. The van der Waals surface area contributed by atoms with Gasteiger partial charge in [-0.1, -0.05) is 6.92 Å². The molecule has 1 fully saturated rings. The zero-order valence-corrected chi connectivity index (χ0v) is 12.1. The molecule has 1 amide bonds. The molecule has 0 aromatic carbocycles. The van der Waals surface area contributed by atoms with Gasteiger partial charge in [0, 0.05) is 17.6 Å². The maximum atomic E-state index is 12.3. The molecule has 0 radical (unpaired) electrons. The van der Waals surface area contributed by atoms with Gasteiger partial charge in [-0.15, -0.1) is 0 Å². The van der Waals surface area contributed by atoms with Crippen molar-refractivity contribution in [3.05, 3.63) is 29.6 Å². The van der Waals surface area contributed by atoms with E-state index in [2.05, 4.69) is 22.2 Å². The Morgan fingerprint density at radius 2 is 2.10 bits per heavy atom. The van der Waals surface area contributed by atoms with E-state index in [1.165, 1.54) is 12.8 Å². The normalized spacial score (nSPS) is 22.9. The summed E-state index contributed by atoms with van der Waals surface area (Å²) in [6, 6.07) is 4.18. The van der Waals surface area contributed by atoms with E-state index >= 15 is 0 Å². The van der Waals surface area contributed by atoms with Crippen molar-refractivity contribution in [1.29, 1.82) is 0 Å². The lowest BCUT2D eigenvalue weighted by molar-refractivity contribution is 0.0918. The van der Waals surface area contributed by atoms with Crippen LogP contribution in [0.5, 0.6) is 0 Å². The first kappa shape index (κ1) is 13.2. The molecular formula is C16H21N3O. The molecule has 0 spiro atoms. The van der Waals surface area contributed by atoms with E-state index in [9.17, 15) is 4.79 Å². The summed E-state index contributed by atoms with van der Waals surface area (Å²) in [5, 5.41) is 4.16. The minimum Gasteiger partial charge on any atom is -0.348 e. The number of aromatic amines is 1. The highest BCUT2D eigenvalue weighted by Gasteiger charge is 2.21. The molecule has 2 aromatic rings. The van der Waals surface area contributed by atoms with Crippen LogP contribution in [-0.4, -0.2) is 21.9 Å². The predicted molar refractivity (Wildman–Crippen MR) is 79.7 cm³/mol. The van der Waals surface area contributed by atoms with Gasteiger partial charge in [0.2, 0.25) is 0 Å². The summed E-state index contributed by atoms with van der Waals surface area (Å²) in [6.45, 7) is 4.31. The van der Waals surface area contributed by atoms with E-state index in [0.717, 1.165) is 35.4 Å². The highest BCUT2D eigenvalue weighted by Crippen LogP contribution is 2.24. The van der Waals surface area contributed by atoms with Crippen LogP contribution in [0.4, 0.5) is 0 Å². The Morgan fingerprint density at radius 1 is 1.35 bits per heavy atom. The molecule has 2 heterocycles. The zero-order valence-electron chi connectivity index (χ0n) is 12.1. The smallest absolute Gasteiger partial charge is 0.267 e. The van der Waals surface area contributed by atoms with Crippen LogP contribution < -0.4 is 5.32 Å². The number of pyridine rings is 1. The number of carbonyl (C=O) groups is 1. The van der Waals surface area contributed by atoms with E-state index in [1.54, 1.807) is 6.20 Å². The summed E-state index contributed by atoms with van der Waals surface area (Å²) in [4.78, 5) is 19.7. The van der Waals surface area contributed by atoms with Gasteiger partial charge in [-0.2, -0.15) is 0 Å². The van der Waals surface area contributed by atoms with E-state index in [0.29, 0.717) is 11.7 Å². The van der Waals surface area contributed by atoms with Crippen LogP contribution in [-0.2, 0) is 0 Å². The second-order valence-corrected chi connectivity index (χ2v) is 6.00. The molecular weight excluding hydrogens is 250 g/mol. The van der Waals surface area contributed by atoms with Crippen molar-refractivity contribution in [3.63, 3.8) is 0 Å². The standard InChI is InChI=1S/C16H21N3O/c1-10-3-5-12(6-4-10)18-16(20)14-9-13-11(2)7-8-17-15(13)19-14/h7-10,12H,3-6H2,1-2H3,(H,17,19)(H,18,20). The molecule has 0 saturated heterocycles. The number of hydrogen-bond acceptors (Lipinski definition) is 2. The molecule has 3 rings (SSSR count). The number of amides is 1. The molecule has 2 N–H and O–H groups in total. The van der Waals surface area contributed by atoms with E-state index < -0.39 is 0 Å². The van der Waals surface area contributed by atoms with Crippen LogP contribution in [0.2, 0.25) is 0 Å². The largest absolute Gasteiger partial charge is 0.348 e. The van der Waals surface area contributed by atoms with E-state index in [4.69, 9.17) is 0 Å². The number of H-pyrrole nitrogens is 1. The third-order valence-electron chi connectivity index (χ3n) is 4.35. The van der Waals surface area contributed by atoms with Crippen LogP contribution >= 0.6 is 0 Å². The Labute approximate surface area is 119 Å². The molecule has 4 heteroatoms.